The molecule has 28 heavy (non-hydrogen) atoms. The Balaban J connectivity index is 1.57. The number of halogens is 4. The van der Waals surface area contributed by atoms with Gasteiger partial charge in [0.25, 0.3) is 11.9 Å². The van der Waals surface area contributed by atoms with Crippen LogP contribution in [0, 0.1) is 23.5 Å². The monoisotopic (exact) mass is 397 g/mol. The summed E-state index contributed by atoms with van der Waals surface area (Å²) in [6.45, 7) is 0.522. The molecule has 0 radical (unpaired) electrons. The van der Waals surface area contributed by atoms with Gasteiger partial charge in [0.1, 0.15) is 11.4 Å². The second-order valence-electron chi connectivity index (χ2n) is 6.39. The summed E-state index contributed by atoms with van der Waals surface area (Å²) in [5.74, 6) is -5.80. The Kier molecular flexibility index (Phi) is 6.01. The van der Waals surface area contributed by atoms with Gasteiger partial charge in [0.2, 0.25) is 17.5 Å². The van der Waals surface area contributed by atoms with Gasteiger partial charge in [0.05, 0.1) is 7.11 Å². The second-order valence-corrected chi connectivity index (χ2v) is 6.39. The van der Waals surface area contributed by atoms with E-state index >= 15 is 0 Å². The number of hydrogen-bond acceptors (Lipinski definition) is 4. The molecule has 0 unspecified atom stereocenters. The Labute approximate surface area is 159 Å². The molecule has 9 heteroatoms. The van der Waals surface area contributed by atoms with Crippen molar-refractivity contribution in [3.05, 3.63) is 53.4 Å². The van der Waals surface area contributed by atoms with Gasteiger partial charge in [-0.1, -0.05) is 12.1 Å². The molecule has 0 saturated carbocycles. The van der Waals surface area contributed by atoms with E-state index in [0.717, 1.165) is 11.3 Å². The van der Waals surface area contributed by atoms with Gasteiger partial charge >= 0.3 is 0 Å². The molecule has 0 atom stereocenters. The van der Waals surface area contributed by atoms with Crippen molar-refractivity contribution in [2.24, 2.45) is 0 Å². The molecule has 150 valence electrons. The maximum atomic E-state index is 13.9. The van der Waals surface area contributed by atoms with E-state index in [1.807, 2.05) is 24.3 Å². The average molecular weight is 397 g/mol. The van der Waals surface area contributed by atoms with E-state index in [0.29, 0.717) is 6.42 Å². The van der Waals surface area contributed by atoms with Crippen LogP contribution in [0.1, 0.15) is 12.0 Å². The number of ether oxygens (including phenoxy) is 1. The van der Waals surface area contributed by atoms with Gasteiger partial charge in [-0.15, -0.1) is 0 Å². The number of amides is 1. The fourth-order valence-electron chi connectivity index (χ4n) is 3.13. The fraction of sp³-hybridized carbons (Fsp3) is 0.368. The number of rotatable bonds is 5. The van der Waals surface area contributed by atoms with Crippen LogP contribution in [0.5, 0.6) is 5.75 Å². The first-order valence-corrected chi connectivity index (χ1v) is 8.76. The minimum absolute atomic E-state index is 0.0605. The number of pyridine rings is 1. The van der Waals surface area contributed by atoms with E-state index in [4.69, 9.17) is 4.74 Å². The summed E-state index contributed by atoms with van der Waals surface area (Å²) in [4.78, 5) is 17.7. The molecule has 3 rings (SSSR count). The van der Waals surface area contributed by atoms with Crippen LogP contribution >= 0.6 is 0 Å². The zero-order chi connectivity index (χ0) is 20.3. The van der Waals surface area contributed by atoms with E-state index in [-0.39, 0.29) is 38.5 Å². The normalized spacial score (nSPS) is 14.3. The third-order valence-corrected chi connectivity index (χ3v) is 4.71. The number of methoxy groups -OCH3 is 1. The maximum Gasteiger partial charge on any atom is 0.253 e. The quantitative estimate of drug-likeness (QED) is 0.575. The molecule has 0 N–H and O–H groups in total. The van der Waals surface area contributed by atoms with Crippen LogP contribution in [0.4, 0.5) is 23.2 Å². The van der Waals surface area contributed by atoms with Crippen molar-refractivity contribution in [1.29, 1.82) is 0 Å². The molecule has 1 fully saturated rings. The lowest BCUT2D eigenvalue weighted by Crippen LogP contribution is -2.49. The first kappa shape index (κ1) is 19.9. The van der Waals surface area contributed by atoms with Gasteiger partial charge in [0, 0.05) is 32.6 Å². The minimum Gasteiger partial charge on any atom is -0.497 e. The number of anilines is 1. The molecule has 0 spiro atoms. The molecule has 2 heterocycles. The van der Waals surface area contributed by atoms with Gasteiger partial charge in [-0.25, -0.2) is 0 Å². The van der Waals surface area contributed by atoms with Crippen molar-refractivity contribution < 1.29 is 27.1 Å². The van der Waals surface area contributed by atoms with Crippen LogP contribution in [-0.4, -0.2) is 49.1 Å². The average Bonchev–Trinajstić information content (AvgIpc) is 2.71. The summed E-state index contributed by atoms with van der Waals surface area (Å²) in [5.41, 5.74) is 0.204. The predicted molar refractivity (Wildman–Crippen MR) is 94.2 cm³/mol. The van der Waals surface area contributed by atoms with E-state index in [2.05, 4.69) is 4.98 Å². The van der Waals surface area contributed by atoms with Gasteiger partial charge in [0.15, 0.2) is 0 Å². The number of carbonyl (C=O) groups excluding carboxylic acids is 1. The lowest BCUT2D eigenvalue weighted by atomic mass is 10.1. The predicted octanol–water partition coefficient (Wildman–Crippen LogP) is 2.93. The molecular formula is C19H19F4N3O2. The van der Waals surface area contributed by atoms with Gasteiger partial charge in [-0.05, 0) is 24.1 Å². The molecule has 1 aromatic heterocycles. The number of hydrogen-bond donors (Lipinski definition) is 0. The van der Waals surface area contributed by atoms with E-state index in [9.17, 15) is 22.4 Å². The Bertz CT molecular complexity index is 827. The van der Waals surface area contributed by atoms with Crippen molar-refractivity contribution in [2.45, 2.75) is 12.8 Å². The largest absolute Gasteiger partial charge is 0.497 e. The smallest absolute Gasteiger partial charge is 0.253 e. The Morgan fingerprint density at radius 2 is 1.57 bits per heavy atom. The zero-order valence-electron chi connectivity index (χ0n) is 15.2. The summed E-state index contributed by atoms with van der Waals surface area (Å²) in [6, 6.07) is 7.38. The van der Waals surface area contributed by atoms with Crippen LogP contribution in [0.3, 0.4) is 0 Å². The highest BCUT2D eigenvalue weighted by atomic mass is 19.2. The fourth-order valence-corrected chi connectivity index (χ4v) is 3.13. The highest BCUT2D eigenvalue weighted by molar-refractivity contribution is 5.76. The number of benzene rings is 1. The Morgan fingerprint density at radius 3 is 2.11 bits per heavy atom. The summed E-state index contributed by atoms with van der Waals surface area (Å²) < 4.78 is 59.4. The molecule has 2 aromatic rings. The molecule has 1 aromatic carbocycles. The molecule has 5 nitrogen and oxygen atoms in total. The summed E-state index contributed by atoms with van der Waals surface area (Å²) in [6.07, 6.45) is 0.834. The van der Waals surface area contributed by atoms with Gasteiger partial charge < -0.3 is 14.5 Å². The van der Waals surface area contributed by atoms with Crippen molar-refractivity contribution in [3.8, 4) is 5.75 Å². The van der Waals surface area contributed by atoms with Crippen LogP contribution < -0.4 is 9.64 Å². The molecule has 0 aliphatic carbocycles. The molecule has 1 aliphatic heterocycles. The summed E-state index contributed by atoms with van der Waals surface area (Å²) in [7, 11) is 1.57. The van der Waals surface area contributed by atoms with Gasteiger partial charge in [-0.2, -0.15) is 22.5 Å². The third-order valence-electron chi connectivity index (χ3n) is 4.71. The van der Waals surface area contributed by atoms with E-state index in [1.54, 1.807) is 12.0 Å². The number of nitrogens with zero attached hydrogens (tertiary/aromatic N) is 3. The zero-order valence-corrected chi connectivity index (χ0v) is 15.2. The molecule has 0 bridgehead atoms. The lowest BCUT2D eigenvalue weighted by molar-refractivity contribution is -0.131. The third kappa shape index (κ3) is 4.18. The van der Waals surface area contributed by atoms with Crippen molar-refractivity contribution in [1.82, 2.24) is 9.88 Å². The summed E-state index contributed by atoms with van der Waals surface area (Å²) in [5, 5.41) is 0. The second kappa shape index (κ2) is 8.45. The topological polar surface area (TPSA) is 45.7 Å². The standard InChI is InChI=1S/C19H19F4N3O2/c1-28-13-5-2-12(3-6-13)4-7-14(27)25-8-10-26(11-9-25)17-15(20)18(22)24-19(23)16(17)21/h2-3,5-6H,4,7-11H2,1H3. The molecule has 1 amide bonds. The Hall–Kier alpha value is -2.84. The van der Waals surface area contributed by atoms with E-state index < -0.39 is 29.2 Å². The molecule has 1 aliphatic rings. The Morgan fingerprint density at radius 1 is 1.00 bits per heavy atom. The van der Waals surface area contributed by atoms with Gasteiger partial charge in [-0.3, -0.25) is 4.79 Å². The van der Waals surface area contributed by atoms with Crippen LogP contribution in [0.25, 0.3) is 0 Å². The SMILES string of the molecule is COc1ccc(CCC(=O)N2CCN(c3c(F)c(F)nc(F)c3F)CC2)cc1. The first-order chi connectivity index (χ1) is 13.4. The van der Waals surface area contributed by atoms with Crippen LogP contribution in [0.15, 0.2) is 24.3 Å². The van der Waals surface area contributed by atoms with Crippen LogP contribution in [-0.2, 0) is 11.2 Å². The highest BCUT2D eigenvalue weighted by Crippen LogP contribution is 2.27. The van der Waals surface area contributed by atoms with Crippen molar-refractivity contribution in [2.75, 3.05) is 38.2 Å². The van der Waals surface area contributed by atoms with Crippen LogP contribution in [0.2, 0.25) is 0 Å². The number of aromatic nitrogens is 1. The number of aryl methyl sites for hydroxylation is 1. The summed E-state index contributed by atoms with van der Waals surface area (Å²) >= 11 is 0. The van der Waals surface area contributed by atoms with E-state index in [1.165, 1.54) is 4.90 Å². The minimum atomic E-state index is -1.69. The van der Waals surface area contributed by atoms with Crippen molar-refractivity contribution >= 4 is 11.6 Å². The maximum absolute atomic E-state index is 13.9. The van der Waals surface area contributed by atoms with Crippen molar-refractivity contribution in [3.63, 3.8) is 0 Å². The number of carbonyl (C=O) groups is 1. The molecular weight excluding hydrogens is 378 g/mol. The molecule has 1 saturated heterocycles. The number of piperazine rings is 1. The lowest BCUT2D eigenvalue weighted by Gasteiger charge is -2.36. The highest BCUT2D eigenvalue weighted by Gasteiger charge is 2.29. The first-order valence-electron chi connectivity index (χ1n) is 8.76.